The van der Waals surface area contributed by atoms with Crippen LogP contribution >= 0.6 is 0 Å². The van der Waals surface area contributed by atoms with Crippen LogP contribution in [0.3, 0.4) is 0 Å². The molecule has 1 unspecified atom stereocenters. The molecular formula is C20H27N7O2. The van der Waals surface area contributed by atoms with Gasteiger partial charge in [0.25, 0.3) is 0 Å². The van der Waals surface area contributed by atoms with E-state index in [1.807, 2.05) is 40.1 Å². The summed E-state index contributed by atoms with van der Waals surface area (Å²) in [5.74, 6) is 0.226. The largest absolute Gasteiger partial charge is 0.342 e. The van der Waals surface area contributed by atoms with E-state index in [0.717, 1.165) is 31.5 Å². The highest BCUT2D eigenvalue weighted by Gasteiger charge is 2.30. The molecule has 2 amide bonds. The normalized spacial score (nSPS) is 18.8. The Labute approximate surface area is 170 Å². The van der Waals surface area contributed by atoms with Crippen molar-refractivity contribution in [2.75, 3.05) is 45.8 Å². The molecule has 2 aromatic rings. The molecule has 9 heteroatoms. The molecule has 154 valence electrons. The van der Waals surface area contributed by atoms with Crippen molar-refractivity contribution >= 4 is 11.8 Å². The van der Waals surface area contributed by atoms with Gasteiger partial charge in [0, 0.05) is 45.7 Å². The van der Waals surface area contributed by atoms with E-state index in [0.29, 0.717) is 39.1 Å². The van der Waals surface area contributed by atoms with Crippen LogP contribution in [0.1, 0.15) is 24.4 Å². The maximum atomic E-state index is 13.3. The molecule has 3 heterocycles. The average molecular weight is 397 g/mol. The number of aromatic nitrogens is 4. The minimum atomic E-state index is -0.467. The Morgan fingerprint density at radius 2 is 1.66 bits per heavy atom. The first-order chi connectivity index (χ1) is 14.2. The Morgan fingerprint density at radius 3 is 2.31 bits per heavy atom. The van der Waals surface area contributed by atoms with E-state index in [9.17, 15) is 9.59 Å². The summed E-state index contributed by atoms with van der Waals surface area (Å²) in [7, 11) is 0. The smallest absolute Gasteiger partial charge is 0.248 e. The number of hydrogen-bond acceptors (Lipinski definition) is 6. The van der Waals surface area contributed by atoms with Crippen LogP contribution in [0.2, 0.25) is 0 Å². The van der Waals surface area contributed by atoms with Crippen molar-refractivity contribution in [2.45, 2.75) is 25.3 Å². The van der Waals surface area contributed by atoms with Crippen molar-refractivity contribution in [1.29, 1.82) is 0 Å². The number of rotatable bonds is 6. The lowest BCUT2D eigenvalue weighted by atomic mass is 10.0. The first-order valence-electron chi connectivity index (χ1n) is 10.3. The summed E-state index contributed by atoms with van der Waals surface area (Å²) >= 11 is 0. The zero-order valence-electron chi connectivity index (χ0n) is 16.6. The average Bonchev–Trinajstić information content (AvgIpc) is 3.47. The monoisotopic (exact) mass is 397 g/mol. The second kappa shape index (κ2) is 9.13. The summed E-state index contributed by atoms with van der Waals surface area (Å²) in [6.07, 6.45) is 4.25. The van der Waals surface area contributed by atoms with Gasteiger partial charge < -0.3 is 9.80 Å². The molecule has 2 aliphatic rings. The summed E-state index contributed by atoms with van der Waals surface area (Å²) in [4.78, 5) is 31.6. The Bertz CT molecular complexity index is 798. The molecule has 2 saturated heterocycles. The molecular weight excluding hydrogens is 370 g/mol. The van der Waals surface area contributed by atoms with Crippen molar-refractivity contribution in [3.05, 3.63) is 42.2 Å². The van der Waals surface area contributed by atoms with E-state index < -0.39 is 6.04 Å². The fourth-order valence-corrected chi connectivity index (χ4v) is 4.04. The van der Waals surface area contributed by atoms with Gasteiger partial charge in [-0.15, -0.1) is 5.10 Å². The predicted molar refractivity (Wildman–Crippen MR) is 106 cm³/mol. The Kier molecular flexibility index (Phi) is 6.14. The molecule has 1 aromatic heterocycles. The molecule has 2 aliphatic heterocycles. The van der Waals surface area contributed by atoms with Gasteiger partial charge in [-0.1, -0.05) is 30.3 Å². The minimum absolute atomic E-state index is 0.0201. The quantitative estimate of drug-likeness (QED) is 0.693. The van der Waals surface area contributed by atoms with Gasteiger partial charge in [0.05, 0.1) is 6.54 Å². The van der Waals surface area contributed by atoms with Crippen molar-refractivity contribution in [1.82, 2.24) is 34.9 Å². The van der Waals surface area contributed by atoms with Gasteiger partial charge in [0.2, 0.25) is 11.8 Å². The number of likely N-dealkylation sites (tertiary alicyclic amines) is 1. The third kappa shape index (κ3) is 4.79. The maximum absolute atomic E-state index is 13.3. The summed E-state index contributed by atoms with van der Waals surface area (Å²) in [5.41, 5.74) is 1.07. The number of tetrazole rings is 1. The van der Waals surface area contributed by atoms with E-state index in [4.69, 9.17) is 0 Å². The maximum Gasteiger partial charge on any atom is 0.248 e. The first-order valence-corrected chi connectivity index (χ1v) is 10.3. The Hall–Kier alpha value is -2.81. The fourth-order valence-electron chi connectivity index (χ4n) is 4.04. The number of piperazine rings is 1. The van der Waals surface area contributed by atoms with Gasteiger partial charge in [-0.05, 0) is 28.8 Å². The summed E-state index contributed by atoms with van der Waals surface area (Å²) in [6.45, 7) is 4.84. The van der Waals surface area contributed by atoms with Gasteiger partial charge >= 0.3 is 0 Å². The van der Waals surface area contributed by atoms with Gasteiger partial charge in [-0.3, -0.25) is 14.5 Å². The number of amides is 2. The lowest BCUT2D eigenvalue weighted by Gasteiger charge is -2.36. The van der Waals surface area contributed by atoms with Crippen LogP contribution in [0.25, 0.3) is 0 Å². The van der Waals surface area contributed by atoms with Crippen molar-refractivity contribution < 1.29 is 9.59 Å². The zero-order chi connectivity index (χ0) is 20.1. The molecule has 2 fully saturated rings. The summed E-state index contributed by atoms with van der Waals surface area (Å²) in [6, 6.07) is 9.43. The number of hydrogen-bond donors (Lipinski definition) is 0. The topological polar surface area (TPSA) is 87.5 Å². The fraction of sp³-hybridized carbons (Fsp3) is 0.550. The first kappa shape index (κ1) is 19.5. The number of nitrogens with zero attached hydrogens (tertiary/aromatic N) is 7. The molecule has 0 bridgehead atoms. The predicted octanol–water partition coefficient (Wildman–Crippen LogP) is 0.224. The number of benzene rings is 1. The highest BCUT2D eigenvalue weighted by Crippen LogP contribution is 2.18. The van der Waals surface area contributed by atoms with Gasteiger partial charge in [0.15, 0.2) is 0 Å². The molecule has 0 N–H and O–H groups in total. The molecule has 0 spiro atoms. The van der Waals surface area contributed by atoms with Crippen LogP contribution < -0.4 is 0 Å². The summed E-state index contributed by atoms with van der Waals surface area (Å²) < 4.78 is 1.54. The third-order valence-corrected chi connectivity index (χ3v) is 5.74. The van der Waals surface area contributed by atoms with Crippen LogP contribution in [0, 0.1) is 0 Å². The third-order valence-electron chi connectivity index (χ3n) is 5.74. The number of carbonyl (C=O) groups is 2. The minimum Gasteiger partial charge on any atom is -0.342 e. The molecule has 0 saturated carbocycles. The zero-order valence-corrected chi connectivity index (χ0v) is 16.6. The highest BCUT2D eigenvalue weighted by molar-refractivity contribution is 5.81. The molecule has 9 nitrogen and oxygen atoms in total. The molecule has 0 aliphatic carbocycles. The lowest BCUT2D eigenvalue weighted by Crippen LogP contribution is -2.52. The van der Waals surface area contributed by atoms with Gasteiger partial charge in [-0.2, -0.15) is 0 Å². The SMILES string of the molecule is O=C(CN1CCN(C(=O)C(Cc2ccccc2)n2cnnn2)CC1)N1CCCC1. The number of carbonyl (C=O) groups excluding carboxylic acids is 2. The van der Waals surface area contributed by atoms with Crippen LogP contribution in [0.15, 0.2) is 36.7 Å². The molecule has 29 heavy (non-hydrogen) atoms. The van der Waals surface area contributed by atoms with E-state index in [1.54, 1.807) is 4.68 Å². The van der Waals surface area contributed by atoms with Crippen molar-refractivity contribution in [2.24, 2.45) is 0 Å². The molecule has 0 radical (unpaired) electrons. The standard InChI is InChI=1S/C20H27N7O2/c28-19(25-8-4-5-9-25)15-24-10-12-26(13-11-24)20(29)18(27-16-21-22-23-27)14-17-6-2-1-3-7-17/h1-3,6-7,16,18H,4-5,8-15H2. The second-order valence-electron chi connectivity index (χ2n) is 7.68. The van der Waals surface area contributed by atoms with Crippen LogP contribution in [-0.2, 0) is 16.0 Å². The van der Waals surface area contributed by atoms with Crippen LogP contribution in [0.4, 0.5) is 0 Å². The highest BCUT2D eigenvalue weighted by atomic mass is 16.2. The Balaban J connectivity index is 1.35. The van der Waals surface area contributed by atoms with Crippen LogP contribution in [0.5, 0.6) is 0 Å². The van der Waals surface area contributed by atoms with E-state index in [1.165, 1.54) is 6.33 Å². The van der Waals surface area contributed by atoms with Gasteiger partial charge in [0.1, 0.15) is 12.4 Å². The van der Waals surface area contributed by atoms with Gasteiger partial charge in [-0.25, -0.2) is 4.68 Å². The van der Waals surface area contributed by atoms with Crippen molar-refractivity contribution in [3.63, 3.8) is 0 Å². The van der Waals surface area contributed by atoms with Crippen LogP contribution in [-0.4, -0.2) is 92.5 Å². The van der Waals surface area contributed by atoms with Crippen molar-refractivity contribution in [3.8, 4) is 0 Å². The molecule has 1 aromatic carbocycles. The Morgan fingerprint density at radius 1 is 0.931 bits per heavy atom. The second-order valence-corrected chi connectivity index (χ2v) is 7.68. The molecule has 4 rings (SSSR count). The molecule has 1 atom stereocenters. The van der Waals surface area contributed by atoms with E-state index in [2.05, 4.69) is 20.4 Å². The van der Waals surface area contributed by atoms with E-state index in [-0.39, 0.29) is 11.8 Å². The lowest BCUT2D eigenvalue weighted by molar-refractivity contribution is -0.137. The van der Waals surface area contributed by atoms with E-state index >= 15 is 0 Å². The summed E-state index contributed by atoms with van der Waals surface area (Å²) in [5, 5.41) is 11.4.